The van der Waals surface area contributed by atoms with Crippen LogP contribution in [0.5, 0.6) is 0 Å². The molecule has 1 saturated heterocycles. The molecule has 18 heavy (non-hydrogen) atoms. The highest BCUT2D eigenvalue weighted by molar-refractivity contribution is 8.02. The Morgan fingerprint density at radius 2 is 2.00 bits per heavy atom. The SMILES string of the molecule is CCCCCCC1CC(=CSCCCC)C(=O)O1. The van der Waals surface area contributed by atoms with E-state index in [4.69, 9.17) is 4.74 Å². The van der Waals surface area contributed by atoms with Crippen LogP contribution in [-0.4, -0.2) is 17.8 Å². The summed E-state index contributed by atoms with van der Waals surface area (Å²) in [5, 5.41) is 2.02. The van der Waals surface area contributed by atoms with Crippen molar-refractivity contribution in [2.75, 3.05) is 5.75 Å². The van der Waals surface area contributed by atoms with Crippen LogP contribution in [0.15, 0.2) is 11.0 Å². The Kier molecular flexibility index (Phi) is 8.23. The van der Waals surface area contributed by atoms with Crippen LogP contribution in [0.2, 0.25) is 0 Å². The van der Waals surface area contributed by atoms with Crippen LogP contribution in [0.25, 0.3) is 0 Å². The maximum Gasteiger partial charge on any atom is 0.334 e. The fourth-order valence-electron chi connectivity index (χ4n) is 2.04. The monoisotopic (exact) mass is 270 g/mol. The highest BCUT2D eigenvalue weighted by Gasteiger charge is 2.27. The van der Waals surface area contributed by atoms with E-state index in [1.807, 2.05) is 5.41 Å². The summed E-state index contributed by atoms with van der Waals surface area (Å²) in [7, 11) is 0. The molecule has 0 bridgehead atoms. The second-order valence-electron chi connectivity index (χ2n) is 4.95. The zero-order valence-electron chi connectivity index (χ0n) is 11.7. The van der Waals surface area contributed by atoms with Crippen LogP contribution in [-0.2, 0) is 9.53 Å². The number of unbranched alkanes of at least 4 members (excludes halogenated alkanes) is 4. The molecule has 0 aromatic carbocycles. The lowest BCUT2D eigenvalue weighted by Crippen LogP contribution is -2.06. The number of thioether (sulfide) groups is 1. The molecule has 3 heteroatoms. The normalized spacial score (nSPS) is 21.6. The molecule has 2 nitrogen and oxygen atoms in total. The van der Waals surface area contributed by atoms with Gasteiger partial charge in [0.15, 0.2) is 0 Å². The van der Waals surface area contributed by atoms with Gasteiger partial charge in [0.1, 0.15) is 6.10 Å². The summed E-state index contributed by atoms with van der Waals surface area (Å²) in [5.41, 5.74) is 0.886. The van der Waals surface area contributed by atoms with E-state index in [1.165, 1.54) is 38.5 Å². The molecule has 0 N–H and O–H groups in total. The Hall–Kier alpha value is -0.440. The van der Waals surface area contributed by atoms with Gasteiger partial charge in [-0.3, -0.25) is 0 Å². The van der Waals surface area contributed by atoms with Gasteiger partial charge >= 0.3 is 5.97 Å². The number of esters is 1. The fourth-order valence-corrected chi connectivity index (χ4v) is 3.01. The predicted octanol–water partition coefficient (Wildman–Crippen LogP) is 4.69. The molecule has 0 spiro atoms. The molecule has 0 aromatic heterocycles. The predicted molar refractivity (Wildman–Crippen MR) is 78.7 cm³/mol. The number of carbonyl (C=O) groups excluding carboxylic acids is 1. The lowest BCUT2D eigenvalue weighted by Gasteiger charge is -2.07. The van der Waals surface area contributed by atoms with Crippen molar-refractivity contribution in [1.82, 2.24) is 0 Å². The van der Waals surface area contributed by atoms with Crippen molar-refractivity contribution >= 4 is 17.7 Å². The molecule has 1 aliphatic heterocycles. The van der Waals surface area contributed by atoms with Gasteiger partial charge in [0.05, 0.1) is 0 Å². The van der Waals surface area contributed by atoms with Gasteiger partial charge in [-0.05, 0) is 30.4 Å². The summed E-state index contributed by atoms with van der Waals surface area (Å²) in [6.07, 6.45) is 9.40. The van der Waals surface area contributed by atoms with Gasteiger partial charge in [0.2, 0.25) is 0 Å². The lowest BCUT2D eigenvalue weighted by molar-refractivity contribution is -0.139. The Labute approximate surface area is 116 Å². The summed E-state index contributed by atoms with van der Waals surface area (Å²) in [6.45, 7) is 4.40. The van der Waals surface area contributed by atoms with Gasteiger partial charge in [0.25, 0.3) is 0 Å². The number of ether oxygens (including phenoxy) is 1. The van der Waals surface area contributed by atoms with Crippen LogP contribution < -0.4 is 0 Å². The van der Waals surface area contributed by atoms with E-state index in [1.54, 1.807) is 11.8 Å². The number of cyclic esters (lactones) is 1. The minimum atomic E-state index is -0.0838. The van der Waals surface area contributed by atoms with E-state index in [2.05, 4.69) is 13.8 Å². The molecule has 1 rings (SSSR count). The molecule has 0 aliphatic carbocycles. The zero-order chi connectivity index (χ0) is 13.2. The first-order valence-corrected chi connectivity index (χ1v) is 8.34. The first kappa shape index (κ1) is 15.6. The van der Waals surface area contributed by atoms with Crippen molar-refractivity contribution in [1.29, 1.82) is 0 Å². The molecule has 1 fully saturated rings. The first-order chi connectivity index (χ1) is 8.77. The summed E-state index contributed by atoms with van der Waals surface area (Å²) >= 11 is 1.75. The highest BCUT2D eigenvalue weighted by atomic mass is 32.2. The van der Waals surface area contributed by atoms with Crippen LogP contribution in [0.3, 0.4) is 0 Å². The molecule has 0 saturated carbocycles. The zero-order valence-corrected chi connectivity index (χ0v) is 12.6. The highest BCUT2D eigenvalue weighted by Crippen LogP contribution is 2.26. The average Bonchev–Trinajstić information content (AvgIpc) is 2.71. The van der Waals surface area contributed by atoms with Crippen LogP contribution in [0, 0.1) is 0 Å². The van der Waals surface area contributed by atoms with Crippen molar-refractivity contribution in [3.63, 3.8) is 0 Å². The van der Waals surface area contributed by atoms with E-state index in [9.17, 15) is 4.79 Å². The Morgan fingerprint density at radius 3 is 2.72 bits per heavy atom. The van der Waals surface area contributed by atoms with Crippen LogP contribution >= 0.6 is 11.8 Å². The summed E-state index contributed by atoms with van der Waals surface area (Å²) in [5.74, 6) is 1.02. The third-order valence-corrected chi connectivity index (χ3v) is 4.18. The molecule has 1 atom stereocenters. The van der Waals surface area contributed by atoms with Gasteiger partial charge in [0, 0.05) is 12.0 Å². The fraction of sp³-hybridized carbons (Fsp3) is 0.800. The molecular formula is C15H26O2S. The third kappa shape index (κ3) is 5.94. The Morgan fingerprint density at radius 1 is 1.22 bits per heavy atom. The van der Waals surface area contributed by atoms with Gasteiger partial charge in [-0.2, -0.15) is 0 Å². The van der Waals surface area contributed by atoms with Crippen LogP contribution in [0.1, 0.15) is 65.2 Å². The van der Waals surface area contributed by atoms with Crippen molar-refractivity contribution < 1.29 is 9.53 Å². The quantitative estimate of drug-likeness (QED) is 0.345. The van der Waals surface area contributed by atoms with E-state index in [0.29, 0.717) is 0 Å². The van der Waals surface area contributed by atoms with Crippen molar-refractivity contribution in [2.24, 2.45) is 0 Å². The number of carbonyl (C=O) groups is 1. The smallest absolute Gasteiger partial charge is 0.334 e. The number of hydrogen-bond acceptors (Lipinski definition) is 3. The van der Waals surface area contributed by atoms with Crippen molar-refractivity contribution in [3.05, 3.63) is 11.0 Å². The maximum absolute atomic E-state index is 11.6. The van der Waals surface area contributed by atoms with Crippen molar-refractivity contribution in [3.8, 4) is 0 Å². The summed E-state index contributed by atoms with van der Waals surface area (Å²) in [4.78, 5) is 11.6. The van der Waals surface area contributed by atoms with E-state index < -0.39 is 0 Å². The number of rotatable bonds is 9. The first-order valence-electron chi connectivity index (χ1n) is 7.29. The summed E-state index contributed by atoms with van der Waals surface area (Å²) < 4.78 is 5.39. The second-order valence-corrected chi connectivity index (χ2v) is 5.93. The maximum atomic E-state index is 11.6. The van der Waals surface area contributed by atoms with Gasteiger partial charge in [-0.15, -0.1) is 11.8 Å². The molecule has 0 aromatic rings. The van der Waals surface area contributed by atoms with Crippen LogP contribution in [0.4, 0.5) is 0 Å². The average molecular weight is 270 g/mol. The largest absolute Gasteiger partial charge is 0.459 e. The molecule has 1 aliphatic rings. The standard InChI is InChI=1S/C15H26O2S/c1-3-5-7-8-9-14-11-13(15(16)17-14)12-18-10-6-4-2/h12,14H,3-11H2,1-2H3. The van der Waals surface area contributed by atoms with Gasteiger partial charge < -0.3 is 4.74 Å². The lowest BCUT2D eigenvalue weighted by atomic mass is 10.1. The van der Waals surface area contributed by atoms with Gasteiger partial charge in [-0.25, -0.2) is 4.79 Å². The molecule has 1 heterocycles. The minimum absolute atomic E-state index is 0.0838. The van der Waals surface area contributed by atoms with Crippen molar-refractivity contribution in [2.45, 2.75) is 71.3 Å². The Balaban J connectivity index is 2.21. The molecule has 1 unspecified atom stereocenters. The molecule has 104 valence electrons. The molecule has 0 radical (unpaired) electrons. The molecule has 0 amide bonds. The minimum Gasteiger partial charge on any atom is -0.459 e. The van der Waals surface area contributed by atoms with E-state index in [0.717, 1.165) is 24.2 Å². The topological polar surface area (TPSA) is 26.3 Å². The number of hydrogen-bond donors (Lipinski definition) is 0. The van der Waals surface area contributed by atoms with Gasteiger partial charge in [-0.1, -0.05) is 39.5 Å². The summed E-state index contributed by atoms with van der Waals surface area (Å²) in [6, 6.07) is 0. The second kappa shape index (κ2) is 9.48. The Bertz CT molecular complexity index is 274. The molecular weight excluding hydrogens is 244 g/mol. The van der Waals surface area contributed by atoms with E-state index in [-0.39, 0.29) is 12.1 Å². The third-order valence-electron chi connectivity index (χ3n) is 3.20. The van der Waals surface area contributed by atoms with E-state index >= 15 is 0 Å².